The summed E-state index contributed by atoms with van der Waals surface area (Å²) in [6.07, 6.45) is 0. The van der Waals surface area contributed by atoms with Crippen molar-refractivity contribution in [2.75, 3.05) is 7.11 Å². The first kappa shape index (κ1) is 8.39. The molecule has 1 nitrogen and oxygen atoms in total. The van der Waals surface area contributed by atoms with Gasteiger partial charge in [0.15, 0.2) is 0 Å². The van der Waals surface area contributed by atoms with Crippen LogP contribution in [0.25, 0.3) is 10.8 Å². The Morgan fingerprint density at radius 3 is 3.00 bits per heavy atom. The molecule has 2 rings (SSSR count). The summed E-state index contributed by atoms with van der Waals surface area (Å²) in [4.78, 5) is 0. The molecule has 13 heavy (non-hydrogen) atoms. The van der Waals surface area contributed by atoms with Crippen LogP contribution in [0, 0.1) is 6.07 Å². The number of hydrogen-bond donors (Lipinski definition) is 0. The van der Waals surface area contributed by atoms with Crippen LogP contribution in [0.4, 0.5) is 0 Å². The molecular weight excluding hydrogens is 184 g/mol. The maximum Gasteiger partial charge on any atom is 0.120 e. The molecule has 0 fully saturated rings. The van der Waals surface area contributed by atoms with Gasteiger partial charge in [0.2, 0.25) is 0 Å². The van der Waals surface area contributed by atoms with E-state index in [1.54, 1.807) is 13.2 Å². The summed E-state index contributed by atoms with van der Waals surface area (Å²) < 4.78 is 5.10. The lowest BCUT2D eigenvalue weighted by Crippen LogP contribution is -1.83. The first-order valence-corrected chi connectivity index (χ1v) is 4.33. The summed E-state index contributed by atoms with van der Waals surface area (Å²) in [6.45, 7) is 0. The van der Waals surface area contributed by atoms with Crippen LogP contribution >= 0.6 is 11.6 Å². The quantitative estimate of drug-likeness (QED) is 0.672. The molecule has 1 radical (unpaired) electrons. The lowest BCUT2D eigenvalue weighted by atomic mass is 10.1. The van der Waals surface area contributed by atoms with Crippen LogP contribution in [-0.4, -0.2) is 7.11 Å². The highest BCUT2D eigenvalue weighted by atomic mass is 35.5. The van der Waals surface area contributed by atoms with Gasteiger partial charge in [-0.05, 0) is 23.6 Å². The van der Waals surface area contributed by atoms with Crippen molar-refractivity contribution in [3.63, 3.8) is 0 Å². The Labute approximate surface area is 81.9 Å². The lowest BCUT2D eigenvalue weighted by molar-refractivity contribution is 0.415. The second-order valence-corrected chi connectivity index (χ2v) is 3.15. The number of halogens is 1. The predicted molar refractivity (Wildman–Crippen MR) is 54.3 cm³/mol. The van der Waals surface area contributed by atoms with Crippen molar-refractivity contribution in [2.45, 2.75) is 0 Å². The van der Waals surface area contributed by atoms with Gasteiger partial charge in [0.1, 0.15) is 5.75 Å². The standard InChI is InChI=1S/C11H8ClO/c1-13-9-6-8-4-2-3-5-10(8)11(12)7-9/h2-4,6-7H,1H3. The van der Waals surface area contributed by atoms with Crippen LogP contribution in [0.5, 0.6) is 5.75 Å². The second-order valence-electron chi connectivity index (χ2n) is 2.74. The Hall–Kier alpha value is -1.21. The van der Waals surface area contributed by atoms with Crippen LogP contribution in [0.3, 0.4) is 0 Å². The molecule has 0 saturated carbocycles. The van der Waals surface area contributed by atoms with E-state index < -0.39 is 0 Å². The summed E-state index contributed by atoms with van der Waals surface area (Å²) in [6, 6.07) is 12.6. The molecule has 0 aliphatic rings. The maximum absolute atomic E-state index is 6.03. The van der Waals surface area contributed by atoms with E-state index in [4.69, 9.17) is 16.3 Å². The monoisotopic (exact) mass is 191 g/mol. The molecule has 65 valence electrons. The average molecular weight is 192 g/mol. The Bertz CT molecular complexity index is 437. The van der Waals surface area contributed by atoms with Crippen LogP contribution < -0.4 is 4.74 Å². The van der Waals surface area contributed by atoms with E-state index in [2.05, 4.69) is 6.07 Å². The van der Waals surface area contributed by atoms with Crippen molar-refractivity contribution in [2.24, 2.45) is 0 Å². The first-order valence-electron chi connectivity index (χ1n) is 3.95. The van der Waals surface area contributed by atoms with Gasteiger partial charge in [-0.1, -0.05) is 29.8 Å². The number of hydrogen-bond acceptors (Lipinski definition) is 1. The summed E-state index contributed by atoms with van der Waals surface area (Å²) in [7, 11) is 1.63. The molecule has 2 aromatic rings. The molecule has 0 aliphatic carbocycles. The van der Waals surface area contributed by atoms with Gasteiger partial charge in [-0.15, -0.1) is 0 Å². The maximum atomic E-state index is 6.03. The average Bonchev–Trinajstić information content (AvgIpc) is 2.18. The number of benzene rings is 2. The largest absolute Gasteiger partial charge is 0.497 e. The molecule has 2 heteroatoms. The fraction of sp³-hybridized carbons (Fsp3) is 0.0909. The van der Waals surface area contributed by atoms with Crippen molar-refractivity contribution in [1.29, 1.82) is 0 Å². The van der Waals surface area contributed by atoms with E-state index in [0.29, 0.717) is 5.02 Å². The van der Waals surface area contributed by atoms with Gasteiger partial charge in [-0.3, -0.25) is 0 Å². The second kappa shape index (κ2) is 3.27. The van der Waals surface area contributed by atoms with E-state index in [9.17, 15) is 0 Å². The zero-order valence-electron chi connectivity index (χ0n) is 7.17. The van der Waals surface area contributed by atoms with Gasteiger partial charge in [-0.25, -0.2) is 0 Å². The van der Waals surface area contributed by atoms with E-state index in [0.717, 1.165) is 16.5 Å². The molecule has 0 heterocycles. The van der Waals surface area contributed by atoms with E-state index >= 15 is 0 Å². The Morgan fingerprint density at radius 2 is 2.23 bits per heavy atom. The minimum absolute atomic E-state index is 0.676. The fourth-order valence-corrected chi connectivity index (χ4v) is 1.56. The fourth-order valence-electron chi connectivity index (χ4n) is 1.29. The minimum atomic E-state index is 0.676. The summed E-state index contributed by atoms with van der Waals surface area (Å²) in [5.74, 6) is 0.775. The van der Waals surface area contributed by atoms with E-state index in [1.165, 1.54) is 0 Å². The lowest BCUT2D eigenvalue weighted by Gasteiger charge is -2.03. The molecule has 2 aromatic carbocycles. The third kappa shape index (κ3) is 1.47. The van der Waals surface area contributed by atoms with Crippen LogP contribution in [0.1, 0.15) is 0 Å². The molecular formula is C11H8ClO. The summed E-state index contributed by atoms with van der Waals surface area (Å²) in [5, 5.41) is 2.66. The van der Waals surface area contributed by atoms with Crippen LogP contribution in [0.15, 0.2) is 30.3 Å². The van der Waals surface area contributed by atoms with Gasteiger partial charge >= 0.3 is 0 Å². The minimum Gasteiger partial charge on any atom is -0.497 e. The molecule has 0 amide bonds. The Kier molecular flexibility index (Phi) is 2.11. The molecule has 0 bridgehead atoms. The highest BCUT2D eigenvalue weighted by Gasteiger charge is 2.01. The van der Waals surface area contributed by atoms with Crippen molar-refractivity contribution in [1.82, 2.24) is 0 Å². The predicted octanol–water partition coefficient (Wildman–Crippen LogP) is 3.30. The number of methoxy groups -OCH3 is 1. The topological polar surface area (TPSA) is 9.23 Å². The molecule has 0 atom stereocenters. The van der Waals surface area contributed by atoms with Crippen LogP contribution in [-0.2, 0) is 0 Å². The SMILES string of the molecule is COc1cc(Cl)c2[c]cccc2c1. The molecule has 0 aliphatic heterocycles. The van der Waals surface area contributed by atoms with Crippen molar-refractivity contribution >= 4 is 22.4 Å². The normalized spacial score (nSPS) is 10.3. The first-order chi connectivity index (χ1) is 6.31. The Balaban J connectivity index is 2.77. The summed E-state index contributed by atoms with van der Waals surface area (Å²) >= 11 is 6.03. The van der Waals surface area contributed by atoms with Crippen molar-refractivity contribution in [3.8, 4) is 5.75 Å². The summed E-state index contributed by atoms with van der Waals surface area (Å²) in [5.41, 5.74) is 0. The molecule has 0 aromatic heterocycles. The van der Waals surface area contributed by atoms with Gasteiger partial charge in [-0.2, -0.15) is 0 Å². The van der Waals surface area contributed by atoms with Gasteiger partial charge < -0.3 is 4.74 Å². The molecule has 0 saturated heterocycles. The third-order valence-corrected chi connectivity index (χ3v) is 2.23. The molecule has 0 spiro atoms. The molecule has 0 N–H and O–H groups in total. The Morgan fingerprint density at radius 1 is 1.38 bits per heavy atom. The number of fused-ring (bicyclic) bond motifs is 1. The highest BCUT2D eigenvalue weighted by molar-refractivity contribution is 6.35. The smallest absolute Gasteiger partial charge is 0.120 e. The highest BCUT2D eigenvalue weighted by Crippen LogP contribution is 2.28. The molecule has 0 unspecified atom stereocenters. The number of rotatable bonds is 1. The van der Waals surface area contributed by atoms with Crippen molar-refractivity contribution in [3.05, 3.63) is 41.4 Å². The van der Waals surface area contributed by atoms with Gasteiger partial charge in [0.25, 0.3) is 0 Å². The number of ether oxygens (including phenoxy) is 1. The van der Waals surface area contributed by atoms with E-state index in [-0.39, 0.29) is 0 Å². The van der Waals surface area contributed by atoms with Crippen LogP contribution in [0.2, 0.25) is 5.02 Å². The zero-order chi connectivity index (χ0) is 9.26. The zero-order valence-corrected chi connectivity index (χ0v) is 7.93. The van der Waals surface area contributed by atoms with E-state index in [1.807, 2.05) is 24.3 Å². The van der Waals surface area contributed by atoms with Gasteiger partial charge in [0.05, 0.1) is 12.1 Å². The third-order valence-electron chi connectivity index (χ3n) is 1.93. The van der Waals surface area contributed by atoms with Crippen molar-refractivity contribution < 1.29 is 4.74 Å². The van der Waals surface area contributed by atoms with Gasteiger partial charge in [0, 0.05) is 5.39 Å².